The summed E-state index contributed by atoms with van der Waals surface area (Å²) in [6.07, 6.45) is 3.18. The average Bonchev–Trinajstić information content (AvgIpc) is 2.97. The molecular weight excluding hydrogens is 454 g/mol. The summed E-state index contributed by atoms with van der Waals surface area (Å²) < 4.78 is 3.01. The lowest BCUT2D eigenvalue weighted by molar-refractivity contribution is 0.0937. The Kier molecular flexibility index (Phi) is 5.09. The van der Waals surface area contributed by atoms with Crippen LogP contribution in [0.1, 0.15) is 29.1 Å². The van der Waals surface area contributed by atoms with Crippen LogP contribution in [-0.4, -0.2) is 30.6 Å². The smallest absolute Gasteiger partial charge is 0.252 e. The molecule has 1 unspecified atom stereocenters. The van der Waals surface area contributed by atoms with Crippen molar-refractivity contribution in [1.29, 1.82) is 0 Å². The van der Waals surface area contributed by atoms with Crippen LogP contribution in [0.4, 0.5) is 5.95 Å². The van der Waals surface area contributed by atoms with Gasteiger partial charge < -0.3 is 11.1 Å². The van der Waals surface area contributed by atoms with Crippen LogP contribution in [0.2, 0.25) is 0 Å². The molecule has 2 aromatic heterocycles. The number of anilines is 1. The van der Waals surface area contributed by atoms with Crippen molar-refractivity contribution >= 4 is 43.7 Å². The molecule has 10 heteroatoms. The van der Waals surface area contributed by atoms with Gasteiger partial charge in [0.05, 0.1) is 6.04 Å². The minimum atomic E-state index is -0.459. The number of hydrogen-bond donors (Lipinski definition) is 2. The number of nitrogen functional groups attached to an aromatic ring is 1. The Morgan fingerprint density at radius 3 is 2.48 bits per heavy atom. The molecule has 0 aliphatic rings. The van der Waals surface area contributed by atoms with Crippen molar-refractivity contribution in [2.24, 2.45) is 0 Å². The Morgan fingerprint density at radius 1 is 1.20 bits per heavy atom. The zero-order chi connectivity index (χ0) is 18.0. The second-order valence-electron chi connectivity index (χ2n) is 5.14. The van der Waals surface area contributed by atoms with Gasteiger partial charge in [-0.25, -0.2) is 9.97 Å². The molecule has 0 saturated carbocycles. The second kappa shape index (κ2) is 7.28. The van der Waals surface area contributed by atoms with E-state index in [9.17, 15) is 4.79 Å². The molecule has 0 aliphatic carbocycles. The standard InChI is InChI=1S/C15H13Br2N7O/c1-8(21-13(25)9-5-10(16)7-11(17)6-9)12-22-14(18)23-24(12)15-19-3-2-4-20-15/h2-8H,1H3,(H2,18,23)(H,21,25). The molecule has 8 nitrogen and oxygen atoms in total. The Hall–Kier alpha value is -2.33. The number of nitrogens with two attached hydrogens (primary N) is 1. The molecule has 128 valence electrons. The summed E-state index contributed by atoms with van der Waals surface area (Å²) in [5.74, 6) is 0.587. The van der Waals surface area contributed by atoms with Gasteiger partial charge in [-0.05, 0) is 31.2 Å². The summed E-state index contributed by atoms with van der Waals surface area (Å²) in [4.78, 5) is 25.0. The fourth-order valence-corrected chi connectivity index (χ4v) is 3.49. The van der Waals surface area contributed by atoms with Gasteiger partial charge in [-0.1, -0.05) is 31.9 Å². The maximum atomic E-state index is 12.5. The molecule has 0 aliphatic heterocycles. The first-order valence-corrected chi connectivity index (χ1v) is 8.79. The zero-order valence-corrected chi connectivity index (χ0v) is 16.2. The van der Waals surface area contributed by atoms with Crippen molar-refractivity contribution in [2.45, 2.75) is 13.0 Å². The van der Waals surface area contributed by atoms with Crippen LogP contribution in [0.5, 0.6) is 0 Å². The largest absolute Gasteiger partial charge is 0.366 e. The Labute approximate surface area is 160 Å². The second-order valence-corrected chi connectivity index (χ2v) is 6.97. The molecular formula is C15H13Br2N7O. The summed E-state index contributed by atoms with van der Waals surface area (Å²) in [6, 6.07) is 6.54. The fourth-order valence-electron chi connectivity index (χ4n) is 2.20. The van der Waals surface area contributed by atoms with Crippen LogP contribution in [0.3, 0.4) is 0 Å². The van der Waals surface area contributed by atoms with Crippen molar-refractivity contribution < 1.29 is 4.79 Å². The number of hydrogen-bond acceptors (Lipinski definition) is 6. The molecule has 1 amide bonds. The highest BCUT2D eigenvalue weighted by atomic mass is 79.9. The number of amides is 1. The number of carbonyl (C=O) groups is 1. The van der Waals surface area contributed by atoms with E-state index in [2.05, 4.69) is 57.2 Å². The number of nitrogens with zero attached hydrogens (tertiary/aromatic N) is 5. The van der Waals surface area contributed by atoms with Gasteiger partial charge in [-0.2, -0.15) is 9.67 Å². The van der Waals surface area contributed by atoms with Gasteiger partial charge in [0, 0.05) is 26.9 Å². The summed E-state index contributed by atoms with van der Waals surface area (Å²) in [5.41, 5.74) is 6.22. The lowest BCUT2D eigenvalue weighted by Gasteiger charge is -2.14. The van der Waals surface area contributed by atoms with E-state index in [0.717, 1.165) is 8.95 Å². The summed E-state index contributed by atoms with van der Waals surface area (Å²) >= 11 is 6.74. The minimum Gasteiger partial charge on any atom is -0.366 e. The van der Waals surface area contributed by atoms with Crippen LogP contribution in [0.25, 0.3) is 5.95 Å². The van der Waals surface area contributed by atoms with E-state index in [4.69, 9.17) is 5.73 Å². The van der Waals surface area contributed by atoms with E-state index in [1.165, 1.54) is 4.68 Å². The van der Waals surface area contributed by atoms with Gasteiger partial charge >= 0.3 is 0 Å². The summed E-state index contributed by atoms with van der Waals surface area (Å²) in [6.45, 7) is 1.79. The fraction of sp³-hybridized carbons (Fsp3) is 0.133. The monoisotopic (exact) mass is 465 g/mol. The third kappa shape index (κ3) is 4.02. The molecule has 0 saturated heterocycles. The average molecular weight is 467 g/mol. The van der Waals surface area contributed by atoms with Gasteiger partial charge in [0.2, 0.25) is 5.95 Å². The quantitative estimate of drug-likeness (QED) is 0.611. The van der Waals surface area contributed by atoms with Crippen molar-refractivity contribution in [3.63, 3.8) is 0 Å². The predicted molar refractivity (Wildman–Crippen MR) is 99.1 cm³/mol. The first-order chi connectivity index (χ1) is 11.9. The highest BCUT2D eigenvalue weighted by Crippen LogP contribution is 2.21. The Bertz CT molecular complexity index is 893. The molecule has 0 spiro atoms. The van der Waals surface area contributed by atoms with Gasteiger partial charge in [0.25, 0.3) is 11.9 Å². The predicted octanol–water partition coefficient (Wildman–Crippen LogP) is 2.66. The van der Waals surface area contributed by atoms with Crippen LogP contribution in [-0.2, 0) is 0 Å². The van der Waals surface area contributed by atoms with Crippen molar-refractivity contribution in [1.82, 2.24) is 30.0 Å². The lowest BCUT2D eigenvalue weighted by atomic mass is 10.2. The molecule has 3 rings (SSSR count). The number of halogens is 2. The minimum absolute atomic E-state index is 0.0775. The van der Waals surface area contributed by atoms with Gasteiger partial charge in [-0.3, -0.25) is 4.79 Å². The van der Waals surface area contributed by atoms with E-state index in [0.29, 0.717) is 17.3 Å². The molecule has 0 radical (unpaired) electrons. The van der Waals surface area contributed by atoms with E-state index in [1.807, 2.05) is 6.07 Å². The van der Waals surface area contributed by atoms with Crippen molar-refractivity contribution in [2.75, 3.05) is 5.73 Å². The molecule has 1 atom stereocenters. The van der Waals surface area contributed by atoms with Crippen LogP contribution >= 0.6 is 31.9 Å². The Balaban J connectivity index is 1.87. The third-order valence-corrected chi connectivity index (χ3v) is 4.17. The van der Waals surface area contributed by atoms with E-state index in [-0.39, 0.29) is 11.9 Å². The summed E-state index contributed by atoms with van der Waals surface area (Å²) in [7, 11) is 0. The van der Waals surface area contributed by atoms with Crippen LogP contribution < -0.4 is 11.1 Å². The number of nitrogens with one attached hydrogen (secondary N) is 1. The number of rotatable bonds is 4. The SMILES string of the molecule is CC(NC(=O)c1cc(Br)cc(Br)c1)c1nc(N)nn1-c1ncccn1. The topological polar surface area (TPSA) is 112 Å². The number of benzene rings is 1. The molecule has 0 bridgehead atoms. The first kappa shape index (κ1) is 17.5. The van der Waals surface area contributed by atoms with E-state index < -0.39 is 6.04 Å². The number of aromatic nitrogens is 5. The zero-order valence-electron chi connectivity index (χ0n) is 13.0. The maximum absolute atomic E-state index is 12.5. The first-order valence-electron chi connectivity index (χ1n) is 7.21. The molecule has 2 heterocycles. The van der Waals surface area contributed by atoms with Crippen LogP contribution in [0, 0.1) is 0 Å². The maximum Gasteiger partial charge on any atom is 0.252 e. The third-order valence-electron chi connectivity index (χ3n) is 3.25. The molecule has 25 heavy (non-hydrogen) atoms. The van der Waals surface area contributed by atoms with E-state index >= 15 is 0 Å². The Morgan fingerprint density at radius 2 is 1.84 bits per heavy atom. The van der Waals surface area contributed by atoms with Gasteiger partial charge in [-0.15, -0.1) is 5.10 Å². The van der Waals surface area contributed by atoms with Crippen LogP contribution in [0.15, 0.2) is 45.6 Å². The van der Waals surface area contributed by atoms with Gasteiger partial charge in [0.1, 0.15) is 0 Å². The highest BCUT2D eigenvalue weighted by Gasteiger charge is 2.20. The molecule has 0 fully saturated rings. The van der Waals surface area contributed by atoms with Crippen molar-refractivity contribution in [3.05, 3.63) is 57.0 Å². The molecule has 3 N–H and O–H groups in total. The van der Waals surface area contributed by atoms with E-state index in [1.54, 1.807) is 37.5 Å². The summed E-state index contributed by atoms with van der Waals surface area (Å²) in [5, 5.41) is 6.98. The lowest BCUT2D eigenvalue weighted by Crippen LogP contribution is -2.29. The molecule has 1 aromatic carbocycles. The number of carbonyl (C=O) groups excluding carboxylic acids is 1. The van der Waals surface area contributed by atoms with Gasteiger partial charge in [0.15, 0.2) is 5.82 Å². The normalized spacial score (nSPS) is 12.0. The molecule has 3 aromatic rings. The van der Waals surface area contributed by atoms with Crippen molar-refractivity contribution in [3.8, 4) is 5.95 Å². The highest BCUT2D eigenvalue weighted by molar-refractivity contribution is 9.11.